The highest BCUT2D eigenvalue weighted by atomic mass is 16.2. The molecular formula is C17H27N3O. The monoisotopic (exact) mass is 289 g/mol. The minimum atomic E-state index is -0.118. The molecule has 2 heterocycles. The fraction of sp³-hybridized carbons (Fsp3) is 0.647. The fourth-order valence-electron chi connectivity index (χ4n) is 2.96. The van der Waals surface area contributed by atoms with Crippen LogP contribution in [-0.2, 0) is 5.41 Å². The number of aromatic nitrogens is 1. The molecule has 4 nitrogen and oxygen atoms in total. The molecule has 0 aliphatic carbocycles. The number of carbonyl (C=O) groups is 1. The lowest BCUT2D eigenvalue weighted by Gasteiger charge is -2.28. The summed E-state index contributed by atoms with van der Waals surface area (Å²) in [6, 6.07) is 3.94. The van der Waals surface area contributed by atoms with Crippen molar-refractivity contribution in [2.24, 2.45) is 5.92 Å². The lowest BCUT2D eigenvalue weighted by molar-refractivity contribution is 0.0701. The van der Waals surface area contributed by atoms with Gasteiger partial charge in [-0.15, -0.1) is 0 Å². The van der Waals surface area contributed by atoms with E-state index < -0.39 is 0 Å². The van der Waals surface area contributed by atoms with Crippen LogP contribution in [-0.4, -0.2) is 28.4 Å². The Balaban J connectivity index is 2.33. The largest absolute Gasteiger partial charge is 0.384 e. The number of hydrogen-bond acceptors (Lipinski definition) is 3. The third-order valence-corrected chi connectivity index (χ3v) is 4.19. The van der Waals surface area contributed by atoms with Gasteiger partial charge in [0.15, 0.2) is 0 Å². The second-order valence-electron chi connectivity index (χ2n) is 7.37. The highest BCUT2D eigenvalue weighted by Crippen LogP contribution is 2.28. The number of nitrogens with two attached hydrogens (primary N) is 1. The predicted molar refractivity (Wildman–Crippen MR) is 86.2 cm³/mol. The van der Waals surface area contributed by atoms with Gasteiger partial charge in [0.25, 0.3) is 5.91 Å². The Morgan fingerprint density at radius 3 is 2.62 bits per heavy atom. The average molecular weight is 289 g/mol. The summed E-state index contributed by atoms with van der Waals surface area (Å²) in [5, 5.41) is 0. The highest BCUT2D eigenvalue weighted by molar-refractivity contribution is 5.95. The summed E-state index contributed by atoms with van der Waals surface area (Å²) in [7, 11) is 0. The smallest absolute Gasteiger partial charge is 0.254 e. The Morgan fingerprint density at radius 2 is 2.05 bits per heavy atom. The molecule has 1 aromatic rings. The Kier molecular flexibility index (Phi) is 4.26. The molecule has 1 aromatic heterocycles. The molecular weight excluding hydrogens is 262 g/mol. The third kappa shape index (κ3) is 3.36. The molecule has 0 radical (unpaired) electrons. The number of carbonyl (C=O) groups excluding carboxylic acids is 1. The normalized spacial score (nSPS) is 19.3. The van der Waals surface area contributed by atoms with Crippen LogP contribution < -0.4 is 5.73 Å². The van der Waals surface area contributed by atoms with Crippen LogP contribution in [0.25, 0.3) is 0 Å². The lowest BCUT2D eigenvalue weighted by atomic mass is 9.90. The molecule has 0 aromatic carbocycles. The molecule has 4 heteroatoms. The molecule has 116 valence electrons. The maximum Gasteiger partial charge on any atom is 0.254 e. The molecule has 1 saturated heterocycles. The molecule has 1 unspecified atom stereocenters. The maximum absolute atomic E-state index is 12.8. The van der Waals surface area contributed by atoms with E-state index in [-0.39, 0.29) is 11.3 Å². The van der Waals surface area contributed by atoms with E-state index in [1.54, 1.807) is 6.07 Å². The van der Waals surface area contributed by atoms with Gasteiger partial charge in [-0.2, -0.15) is 0 Å². The van der Waals surface area contributed by atoms with E-state index in [1.807, 2.05) is 11.0 Å². The first-order valence-electron chi connectivity index (χ1n) is 7.79. The van der Waals surface area contributed by atoms with E-state index in [4.69, 9.17) is 5.73 Å². The molecule has 2 rings (SSSR count). The number of rotatable bonds is 2. The molecule has 0 bridgehead atoms. The van der Waals surface area contributed by atoms with Gasteiger partial charge in [0.1, 0.15) is 5.82 Å². The number of amides is 1. The van der Waals surface area contributed by atoms with Crippen LogP contribution in [0.15, 0.2) is 12.1 Å². The van der Waals surface area contributed by atoms with Gasteiger partial charge in [-0.05, 0) is 30.9 Å². The molecule has 1 fully saturated rings. The minimum absolute atomic E-state index is 0.0887. The highest BCUT2D eigenvalue weighted by Gasteiger charge is 2.32. The van der Waals surface area contributed by atoms with E-state index in [0.29, 0.717) is 23.3 Å². The summed E-state index contributed by atoms with van der Waals surface area (Å²) >= 11 is 0. The van der Waals surface area contributed by atoms with Gasteiger partial charge in [-0.3, -0.25) is 4.79 Å². The van der Waals surface area contributed by atoms with Crippen molar-refractivity contribution in [2.45, 2.75) is 58.9 Å². The maximum atomic E-state index is 12.8. The van der Waals surface area contributed by atoms with E-state index in [1.165, 1.54) is 0 Å². The quantitative estimate of drug-likeness (QED) is 0.909. The molecule has 1 aliphatic heterocycles. The minimum Gasteiger partial charge on any atom is -0.384 e. The molecule has 1 atom stereocenters. The molecule has 21 heavy (non-hydrogen) atoms. The SMILES string of the molecule is CC(C)C1CCCN1C(=O)c1cc(N)nc(C(C)(C)C)c1. The average Bonchev–Trinajstić information content (AvgIpc) is 2.85. The summed E-state index contributed by atoms with van der Waals surface area (Å²) < 4.78 is 0. The second-order valence-corrected chi connectivity index (χ2v) is 7.37. The standard InChI is InChI=1S/C17H27N3O/c1-11(2)13-7-6-8-20(13)16(21)12-9-14(17(3,4)5)19-15(18)10-12/h9-11,13H,6-8H2,1-5H3,(H2,18,19). The zero-order valence-corrected chi connectivity index (χ0v) is 13.8. The van der Waals surface area contributed by atoms with Crippen molar-refractivity contribution < 1.29 is 4.79 Å². The molecule has 1 amide bonds. The van der Waals surface area contributed by atoms with Crippen LogP contribution in [0.4, 0.5) is 5.82 Å². The number of nitrogen functional groups attached to an aromatic ring is 1. The Hall–Kier alpha value is -1.58. The molecule has 0 saturated carbocycles. The van der Waals surface area contributed by atoms with E-state index >= 15 is 0 Å². The first-order valence-corrected chi connectivity index (χ1v) is 7.79. The van der Waals surface area contributed by atoms with Crippen LogP contribution >= 0.6 is 0 Å². The first kappa shape index (κ1) is 15.8. The van der Waals surface area contributed by atoms with Gasteiger partial charge in [-0.1, -0.05) is 34.6 Å². The van der Waals surface area contributed by atoms with Crippen molar-refractivity contribution in [2.75, 3.05) is 12.3 Å². The van der Waals surface area contributed by atoms with Crippen LogP contribution in [0.3, 0.4) is 0 Å². The van der Waals surface area contributed by atoms with E-state index in [0.717, 1.165) is 25.1 Å². The zero-order chi connectivity index (χ0) is 15.8. The molecule has 2 N–H and O–H groups in total. The third-order valence-electron chi connectivity index (χ3n) is 4.19. The Bertz CT molecular complexity index is 531. The van der Waals surface area contributed by atoms with Gasteiger partial charge in [0, 0.05) is 29.3 Å². The summed E-state index contributed by atoms with van der Waals surface area (Å²) in [6.07, 6.45) is 2.18. The topological polar surface area (TPSA) is 59.2 Å². The van der Waals surface area contributed by atoms with Crippen molar-refractivity contribution >= 4 is 11.7 Å². The number of hydrogen-bond donors (Lipinski definition) is 1. The van der Waals surface area contributed by atoms with Crippen molar-refractivity contribution in [1.82, 2.24) is 9.88 Å². The van der Waals surface area contributed by atoms with Crippen molar-refractivity contribution in [3.63, 3.8) is 0 Å². The number of pyridine rings is 1. The van der Waals surface area contributed by atoms with Crippen LogP contribution in [0.1, 0.15) is 63.5 Å². The van der Waals surface area contributed by atoms with Gasteiger partial charge >= 0.3 is 0 Å². The van der Waals surface area contributed by atoms with Gasteiger partial charge in [0.05, 0.1) is 0 Å². The predicted octanol–water partition coefficient (Wildman–Crippen LogP) is 3.22. The Labute approximate surface area is 127 Å². The van der Waals surface area contributed by atoms with Crippen LogP contribution in [0.5, 0.6) is 0 Å². The van der Waals surface area contributed by atoms with E-state index in [9.17, 15) is 4.79 Å². The van der Waals surface area contributed by atoms with Crippen LogP contribution in [0.2, 0.25) is 0 Å². The lowest BCUT2D eigenvalue weighted by Crippen LogP contribution is -2.38. The van der Waals surface area contributed by atoms with E-state index in [2.05, 4.69) is 39.6 Å². The number of likely N-dealkylation sites (tertiary alicyclic amines) is 1. The summed E-state index contributed by atoms with van der Waals surface area (Å²) in [6.45, 7) is 11.4. The molecule has 0 spiro atoms. The number of anilines is 1. The summed E-state index contributed by atoms with van der Waals surface area (Å²) in [5.41, 5.74) is 7.32. The zero-order valence-electron chi connectivity index (χ0n) is 13.8. The second kappa shape index (κ2) is 5.66. The summed E-state index contributed by atoms with van der Waals surface area (Å²) in [5.74, 6) is 0.995. The van der Waals surface area contributed by atoms with Crippen molar-refractivity contribution in [3.05, 3.63) is 23.4 Å². The van der Waals surface area contributed by atoms with Gasteiger partial charge in [-0.25, -0.2) is 4.98 Å². The summed E-state index contributed by atoms with van der Waals surface area (Å²) in [4.78, 5) is 19.2. The number of nitrogens with zero attached hydrogens (tertiary/aromatic N) is 2. The molecule has 1 aliphatic rings. The van der Waals surface area contributed by atoms with Gasteiger partial charge < -0.3 is 10.6 Å². The van der Waals surface area contributed by atoms with Crippen LogP contribution in [0, 0.1) is 5.92 Å². The fourth-order valence-corrected chi connectivity index (χ4v) is 2.96. The van der Waals surface area contributed by atoms with Gasteiger partial charge in [0.2, 0.25) is 0 Å². The van der Waals surface area contributed by atoms with Crippen molar-refractivity contribution in [3.8, 4) is 0 Å². The van der Waals surface area contributed by atoms with Crippen molar-refractivity contribution in [1.29, 1.82) is 0 Å². The first-order chi connectivity index (χ1) is 9.70. The Morgan fingerprint density at radius 1 is 1.38 bits per heavy atom.